The molecule has 0 radical (unpaired) electrons. The van der Waals surface area contributed by atoms with E-state index in [1.807, 2.05) is 13.8 Å². The van der Waals surface area contributed by atoms with Crippen molar-refractivity contribution < 1.29 is 14.3 Å². The third-order valence-corrected chi connectivity index (χ3v) is 2.38. The molecule has 0 bridgehead atoms. The summed E-state index contributed by atoms with van der Waals surface area (Å²) in [6, 6.07) is 0. The zero-order chi connectivity index (χ0) is 9.19. The van der Waals surface area contributed by atoms with Crippen LogP contribution in [0.15, 0.2) is 0 Å². The first-order valence-electron chi connectivity index (χ1n) is 4.02. The Morgan fingerprint density at radius 1 is 1.75 bits per heavy atom. The molecule has 1 aliphatic heterocycles. The Hall–Kier alpha value is -0.610. The highest BCUT2D eigenvalue weighted by molar-refractivity contribution is 5.78. The van der Waals surface area contributed by atoms with Crippen LogP contribution in [0.4, 0.5) is 0 Å². The van der Waals surface area contributed by atoms with Crippen LogP contribution < -0.4 is 5.32 Å². The highest BCUT2D eigenvalue weighted by atomic mass is 16.5. The highest BCUT2D eigenvalue weighted by Crippen LogP contribution is 2.19. The summed E-state index contributed by atoms with van der Waals surface area (Å²) >= 11 is 0. The predicted molar refractivity (Wildman–Crippen MR) is 43.8 cm³/mol. The quantitative estimate of drug-likeness (QED) is 0.635. The van der Waals surface area contributed by atoms with E-state index in [9.17, 15) is 4.79 Å². The average molecular weight is 173 g/mol. The molecule has 0 aromatic rings. The van der Waals surface area contributed by atoms with Crippen LogP contribution in [0, 0.1) is 0 Å². The van der Waals surface area contributed by atoms with E-state index in [-0.39, 0.29) is 24.2 Å². The zero-order valence-corrected chi connectivity index (χ0v) is 7.72. The summed E-state index contributed by atoms with van der Waals surface area (Å²) in [6.07, 6.45) is -0.0156. The zero-order valence-electron chi connectivity index (χ0n) is 7.72. The van der Waals surface area contributed by atoms with E-state index >= 15 is 0 Å². The maximum atomic E-state index is 10.8. The van der Waals surface area contributed by atoms with Crippen LogP contribution in [0.3, 0.4) is 0 Å². The number of amides is 1. The number of carbonyl (C=O) groups is 1. The topological polar surface area (TPSA) is 47.6 Å². The molecule has 0 spiro atoms. The molecule has 1 amide bonds. The Bertz CT molecular complexity index is 171. The molecular formula is C8H15NO3. The third-order valence-electron chi connectivity index (χ3n) is 2.38. The van der Waals surface area contributed by atoms with Gasteiger partial charge in [-0.1, -0.05) is 0 Å². The van der Waals surface area contributed by atoms with E-state index in [1.54, 1.807) is 7.11 Å². The smallest absolute Gasteiger partial charge is 0.246 e. The van der Waals surface area contributed by atoms with E-state index in [0.29, 0.717) is 6.54 Å². The Labute approximate surface area is 72.2 Å². The van der Waals surface area contributed by atoms with Crippen LogP contribution in [-0.4, -0.2) is 37.9 Å². The first-order chi connectivity index (χ1) is 5.58. The van der Waals surface area contributed by atoms with Gasteiger partial charge in [-0.05, 0) is 13.8 Å². The number of methoxy groups -OCH3 is 1. The molecule has 70 valence electrons. The van der Waals surface area contributed by atoms with Gasteiger partial charge in [0.1, 0.15) is 12.2 Å². The normalized spacial score (nSPS) is 32.8. The molecule has 0 aliphatic carbocycles. The van der Waals surface area contributed by atoms with Crippen LogP contribution in [0.2, 0.25) is 0 Å². The molecule has 1 rings (SSSR count). The van der Waals surface area contributed by atoms with Crippen molar-refractivity contribution in [3.63, 3.8) is 0 Å². The van der Waals surface area contributed by atoms with Gasteiger partial charge in [-0.15, -0.1) is 0 Å². The monoisotopic (exact) mass is 173 g/mol. The number of carbonyl (C=O) groups excluding carboxylic acids is 1. The van der Waals surface area contributed by atoms with Crippen molar-refractivity contribution in [2.75, 3.05) is 20.3 Å². The lowest BCUT2D eigenvalue weighted by Gasteiger charge is -2.37. The average Bonchev–Trinajstić information content (AvgIpc) is 2.09. The molecule has 4 nitrogen and oxygen atoms in total. The Balaban J connectivity index is 2.55. The van der Waals surface area contributed by atoms with Crippen molar-refractivity contribution in [1.29, 1.82) is 0 Å². The van der Waals surface area contributed by atoms with Crippen LogP contribution in [0.5, 0.6) is 0 Å². The van der Waals surface area contributed by atoms with Gasteiger partial charge in [-0.3, -0.25) is 4.79 Å². The van der Waals surface area contributed by atoms with Gasteiger partial charge in [0.15, 0.2) is 0 Å². The number of morpholine rings is 1. The molecular weight excluding hydrogens is 158 g/mol. The van der Waals surface area contributed by atoms with Gasteiger partial charge in [0.05, 0.1) is 6.10 Å². The fourth-order valence-electron chi connectivity index (χ4n) is 1.12. The fraction of sp³-hybridized carbons (Fsp3) is 0.875. The van der Waals surface area contributed by atoms with Gasteiger partial charge in [-0.25, -0.2) is 0 Å². The van der Waals surface area contributed by atoms with E-state index in [2.05, 4.69) is 5.32 Å². The molecule has 1 N–H and O–H groups in total. The summed E-state index contributed by atoms with van der Waals surface area (Å²) in [4.78, 5) is 10.8. The van der Waals surface area contributed by atoms with E-state index in [4.69, 9.17) is 9.47 Å². The summed E-state index contributed by atoms with van der Waals surface area (Å²) in [5.74, 6) is -0.0595. The number of nitrogens with one attached hydrogen (secondary N) is 1. The molecule has 2 unspecified atom stereocenters. The Morgan fingerprint density at radius 3 is 2.83 bits per heavy atom. The minimum absolute atomic E-state index is 0.0156. The van der Waals surface area contributed by atoms with Crippen molar-refractivity contribution in [1.82, 2.24) is 5.32 Å². The minimum atomic E-state index is -0.386. The largest absolute Gasteiger partial charge is 0.379 e. The summed E-state index contributed by atoms with van der Waals surface area (Å²) in [7, 11) is 1.63. The van der Waals surface area contributed by atoms with Crippen molar-refractivity contribution in [2.45, 2.75) is 25.6 Å². The molecule has 1 heterocycles. The predicted octanol–water partition coefficient (Wildman–Crippen LogP) is -0.0736. The van der Waals surface area contributed by atoms with Crippen LogP contribution >= 0.6 is 0 Å². The van der Waals surface area contributed by atoms with Gasteiger partial charge in [0, 0.05) is 13.7 Å². The first-order valence-corrected chi connectivity index (χ1v) is 4.02. The maximum absolute atomic E-state index is 10.8. The molecule has 12 heavy (non-hydrogen) atoms. The highest BCUT2D eigenvalue weighted by Gasteiger charge is 2.36. The van der Waals surface area contributed by atoms with Crippen molar-refractivity contribution >= 4 is 5.91 Å². The second kappa shape index (κ2) is 3.41. The molecule has 0 aromatic carbocycles. The van der Waals surface area contributed by atoms with Crippen LogP contribution in [-0.2, 0) is 14.3 Å². The van der Waals surface area contributed by atoms with Crippen LogP contribution in [0.25, 0.3) is 0 Å². The Morgan fingerprint density at radius 2 is 2.42 bits per heavy atom. The summed E-state index contributed by atoms with van der Waals surface area (Å²) < 4.78 is 10.5. The van der Waals surface area contributed by atoms with Gasteiger partial charge in [-0.2, -0.15) is 0 Å². The summed E-state index contributed by atoms with van der Waals surface area (Å²) in [6.45, 7) is 4.50. The summed E-state index contributed by atoms with van der Waals surface area (Å²) in [5.41, 5.74) is -0.386. The van der Waals surface area contributed by atoms with Gasteiger partial charge >= 0.3 is 0 Å². The SMILES string of the molecule is COC(C)C1(C)CNC(=O)CO1. The second-order valence-corrected chi connectivity index (χ2v) is 3.26. The van der Waals surface area contributed by atoms with E-state index in [1.165, 1.54) is 0 Å². The summed E-state index contributed by atoms with van der Waals surface area (Å²) in [5, 5.41) is 2.74. The number of rotatable bonds is 2. The molecule has 1 fully saturated rings. The van der Waals surface area contributed by atoms with E-state index < -0.39 is 0 Å². The molecule has 2 atom stereocenters. The van der Waals surface area contributed by atoms with Crippen LogP contribution in [0.1, 0.15) is 13.8 Å². The number of hydrogen-bond acceptors (Lipinski definition) is 3. The van der Waals surface area contributed by atoms with Crippen molar-refractivity contribution in [3.8, 4) is 0 Å². The standard InChI is InChI=1S/C8H15NO3/c1-6(11-3)8(2)5-9-7(10)4-12-8/h6H,4-5H2,1-3H3,(H,9,10). The van der Waals surface area contributed by atoms with Gasteiger partial charge < -0.3 is 14.8 Å². The van der Waals surface area contributed by atoms with Gasteiger partial charge in [0.25, 0.3) is 0 Å². The molecule has 0 aromatic heterocycles. The lowest BCUT2D eigenvalue weighted by molar-refractivity contribution is -0.159. The second-order valence-electron chi connectivity index (χ2n) is 3.26. The van der Waals surface area contributed by atoms with Crippen molar-refractivity contribution in [3.05, 3.63) is 0 Å². The molecule has 4 heteroatoms. The lowest BCUT2D eigenvalue weighted by Crippen LogP contribution is -2.56. The number of ether oxygens (including phenoxy) is 2. The fourth-order valence-corrected chi connectivity index (χ4v) is 1.12. The minimum Gasteiger partial charge on any atom is -0.379 e. The molecule has 0 saturated carbocycles. The first kappa shape index (κ1) is 9.48. The maximum Gasteiger partial charge on any atom is 0.246 e. The molecule has 1 saturated heterocycles. The molecule has 1 aliphatic rings. The lowest BCUT2D eigenvalue weighted by atomic mass is 9.99. The third kappa shape index (κ3) is 1.76. The Kier molecular flexibility index (Phi) is 2.69. The van der Waals surface area contributed by atoms with Gasteiger partial charge in [0.2, 0.25) is 5.91 Å². The van der Waals surface area contributed by atoms with E-state index in [0.717, 1.165) is 0 Å². The van der Waals surface area contributed by atoms with Crippen molar-refractivity contribution in [2.24, 2.45) is 0 Å². The number of hydrogen-bond donors (Lipinski definition) is 1.